The number of hydrogen-bond acceptors (Lipinski definition) is 4. The number of thioether (sulfide) groups is 1. The van der Waals surface area contributed by atoms with Crippen molar-refractivity contribution in [3.63, 3.8) is 0 Å². The number of nitrogens with one attached hydrogen (secondary N) is 2. The second-order valence-electron chi connectivity index (χ2n) is 5.30. The highest BCUT2D eigenvalue weighted by molar-refractivity contribution is 8.00. The van der Waals surface area contributed by atoms with Crippen LogP contribution in [0.4, 0.5) is 10.1 Å². The topological polar surface area (TPSA) is 67.0 Å². The molecule has 3 aromatic rings. The van der Waals surface area contributed by atoms with Gasteiger partial charge in [0, 0.05) is 6.07 Å². The Morgan fingerprint density at radius 1 is 1.36 bits per heavy atom. The number of rotatable bonds is 5. The van der Waals surface area contributed by atoms with Gasteiger partial charge in [-0.25, -0.2) is 9.37 Å². The molecule has 130 valence electrons. The summed E-state index contributed by atoms with van der Waals surface area (Å²) in [5, 5.41) is 3.04. The summed E-state index contributed by atoms with van der Waals surface area (Å²) in [7, 11) is 1.60. The number of anilines is 1. The zero-order valence-corrected chi connectivity index (χ0v) is 15.0. The maximum atomic E-state index is 13.1. The number of ether oxygens (including phenoxy) is 1. The fourth-order valence-corrected chi connectivity index (χ4v) is 3.23. The van der Waals surface area contributed by atoms with Crippen LogP contribution in [0.5, 0.6) is 5.75 Å². The minimum atomic E-state index is -0.455. The minimum absolute atomic E-state index is 0.154. The molecule has 0 aliphatic carbocycles. The molecule has 5 nitrogen and oxygen atoms in total. The van der Waals surface area contributed by atoms with Gasteiger partial charge in [-0.05, 0) is 37.3 Å². The number of benzene rings is 2. The first kappa shape index (κ1) is 17.6. The molecule has 25 heavy (non-hydrogen) atoms. The molecule has 0 aliphatic rings. The SMILES string of the molecule is COc1ccc2nc(S[C@H](C)C(=O)Nc3ccc(F)cc3Cl)[nH]c2c1. The fraction of sp³-hybridized carbons (Fsp3) is 0.176. The van der Waals surface area contributed by atoms with Crippen LogP contribution in [0.2, 0.25) is 5.02 Å². The molecule has 1 amide bonds. The lowest BCUT2D eigenvalue weighted by Gasteiger charge is -2.11. The van der Waals surface area contributed by atoms with Crippen LogP contribution in [-0.4, -0.2) is 28.2 Å². The number of methoxy groups -OCH3 is 1. The summed E-state index contributed by atoms with van der Waals surface area (Å²) < 4.78 is 18.2. The molecule has 2 N–H and O–H groups in total. The highest BCUT2D eigenvalue weighted by Gasteiger charge is 2.18. The lowest BCUT2D eigenvalue weighted by atomic mass is 10.3. The fourth-order valence-electron chi connectivity index (χ4n) is 2.19. The number of aromatic amines is 1. The zero-order valence-electron chi connectivity index (χ0n) is 13.5. The number of imidazole rings is 1. The summed E-state index contributed by atoms with van der Waals surface area (Å²) in [5.41, 5.74) is 1.99. The van der Waals surface area contributed by atoms with Gasteiger partial charge in [0.1, 0.15) is 11.6 Å². The summed E-state index contributed by atoms with van der Waals surface area (Å²) in [6.07, 6.45) is 0. The van der Waals surface area contributed by atoms with Gasteiger partial charge in [-0.15, -0.1) is 0 Å². The third-order valence-corrected chi connectivity index (χ3v) is 4.81. The van der Waals surface area contributed by atoms with E-state index in [1.807, 2.05) is 18.2 Å². The Bertz CT molecular complexity index is 931. The van der Waals surface area contributed by atoms with Crippen LogP contribution in [0.3, 0.4) is 0 Å². The Morgan fingerprint density at radius 3 is 2.88 bits per heavy atom. The van der Waals surface area contributed by atoms with E-state index >= 15 is 0 Å². The van der Waals surface area contributed by atoms with E-state index in [0.29, 0.717) is 10.8 Å². The molecule has 0 radical (unpaired) electrons. The highest BCUT2D eigenvalue weighted by atomic mass is 35.5. The molecule has 0 saturated heterocycles. The largest absolute Gasteiger partial charge is 0.497 e. The third kappa shape index (κ3) is 4.05. The van der Waals surface area contributed by atoms with Crippen LogP contribution in [0.15, 0.2) is 41.6 Å². The van der Waals surface area contributed by atoms with Crippen molar-refractivity contribution in [2.75, 3.05) is 12.4 Å². The molecule has 0 bridgehead atoms. The molecule has 8 heteroatoms. The summed E-state index contributed by atoms with van der Waals surface area (Å²) >= 11 is 7.21. The number of H-pyrrole nitrogens is 1. The molecule has 0 spiro atoms. The molecule has 1 heterocycles. The molecule has 1 atom stereocenters. The van der Waals surface area contributed by atoms with Crippen molar-refractivity contribution in [1.82, 2.24) is 9.97 Å². The lowest BCUT2D eigenvalue weighted by Crippen LogP contribution is -2.22. The van der Waals surface area contributed by atoms with Crippen LogP contribution in [-0.2, 0) is 4.79 Å². The number of amides is 1. The van der Waals surface area contributed by atoms with Crippen molar-refractivity contribution < 1.29 is 13.9 Å². The van der Waals surface area contributed by atoms with Gasteiger partial charge in [0.2, 0.25) is 5.91 Å². The first-order valence-corrected chi connectivity index (χ1v) is 8.68. The number of carbonyl (C=O) groups is 1. The average Bonchev–Trinajstić information content (AvgIpc) is 2.98. The van der Waals surface area contributed by atoms with Crippen molar-refractivity contribution in [2.24, 2.45) is 0 Å². The summed E-state index contributed by atoms with van der Waals surface area (Å²) in [6, 6.07) is 9.34. The van der Waals surface area contributed by atoms with E-state index in [-0.39, 0.29) is 10.9 Å². The molecule has 3 rings (SSSR count). The Balaban J connectivity index is 1.70. The highest BCUT2D eigenvalue weighted by Crippen LogP contribution is 2.27. The van der Waals surface area contributed by atoms with Gasteiger partial charge in [-0.1, -0.05) is 23.4 Å². The van der Waals surface area contributed by atoms with E-state index in [9.17, 15) is 9.18 Å². The van der Waals surface area contributed by atoms with Gasteiger partial charge in [0.05, 0.1) is 34.1 Å². The molecular formula is C17H15ClFN3O2S. The van der Waals surface area contributed by atoms with Gasteiger partial charge < -0.3 is 15.0 Å². The van der Waals surface area contributed by atoms with Crippen LogP contribution < -0.4 is 10.1 Å². The first-order chi connectivity index (χ1) is 12.0. The van der Waals surface area contributed by atoms with Crippen LogP contribution >= 0.6 is 23.4 Å². The normalized spacial score (nSPS) is 12.2. The zero-order chi connectivity index (χ0) is 18.0. The van der Waals surface area contributed by atoms with Gasteiger partial charge in [-0.3, -0.25) is 4.79 Å². The van der Waals surface area contributed by atoms with Crippen LogP contribution in [0.25, 0.3) is 11.0 Å². The first-order valence-electron chi connectivity index (χ1n) is 7.42. The monoisotopic (exact) mass is 379 g/mol. The van der Waals surface area contributed by atoms with Gasteiger partial charge in [0.25, 0.3) is 0 Å². The Hall–Kier alpha value is -2.25. The number of halogens is 2. The summed E-state index contributed by atoms with van der Waals surface area (Å²) in [5.74, 6) is 0.0177. The molecule has 0 aliphatic heterocycles. The molecular weight excluding hydrogens is 365 g/mol. The molecule has 0 saturated carbocycles. The number of nitrogens with zero attached hydrogens (tertiary/aromatic N) is 1. The van der Waals surface area contributed by atoms with Crippen LogP contribution in [0, 0.1) is 5.82 Å². The summed E-state index contributed by atoms with van der Waals surface area (Å²) in [4.78, 5) is 19.9. The summed E-state index contributed by atoms with van der Waals surface area (Å²) in [6.45, 7) is 1.76. The van der Waals surface area contributed by atoms with E-state index in [1.54, 1.807) is 14.0 Å². The van der Waals surface area contributed by atoms with Crippen LogP contribution in [0.1, 0.15) is 6.92 Å². The molecule has 2 aromatic carbocycles. The predicted octanol–water partition coefficient (Wildman–Crippen LogP) is 4.48. The van der Waals surface area contributed by atoms with Crippen molar-refractivity contribution in [1.29, 1.82) is 0 Å². The maximum Gasteiger partial charge on any atom is 0.237 e. The quantitative estimate of drug-likeness (QED) is 0.641. The Labute approximate surface area is 152 Å². The second kappa shape index (κ2) is 7.33. The Morgan fingerprint density at radius 2 is 2.16 bits per heavy atom. The standard InChI is InChI=1S/C17H15ClFN3O2S/c1-9(16(23)20-13-5-3-10(19)7-12(13)18)25-17-21-14-6-4-11(24-2)8-15(14)22-17/h3-9H,1-2H3,(H,20,23)(H,21,22)/t9-/m1/s1. The molecule has 0 unspecified atom stereocenters. The predicted molar refractivity (Wildman–Crippen MR) is 98.0 cm³/mol. The van der Waals surface area contributed by atoms with Crippen molar-refractivity contribution >= 4 is 46.0 Å². The van der Waals surface area contributed by atoms with Crippen molar-refractivity contribution in [3.8, 4) is 5.75 Å². The molecule has 1 aromatic heterocycles. The average molecular weight is 380 g/mol. The number of hydrogen-bond donors (Lipinski definition) is 2. The van der Waals surface area contributed by atoms with E-state index in [0.717, 1.165) is 22.8 Å². The van der Waals surface area contributed by atoms with E-state index in [4.69, 9.17) is 16.3 Å². The second-order valence-corrected chi connectivity index (χ2v) is 7.04. The van der Waals surface area contributed by atoms with Gasteiger partial charge >= 0.3 is 0 Å². The number of fused-ring (bicyclic) bond motifs is 1. The number of carbonyl (C=O) groups excluding carboxylic acids is 1. The van der Waals surface area contributed by atoms with E-state index in [1.165, 1.54) is 23.9 Å². The van der Waals surface area contributed by atoms with E-state index in [2.05, 4.69) is 15.3 Å². The van der Waals surface area contributed by atoms with Gasteiger partial charge in [-0.2, -0.15) is 0 Å². The minimum Gasteiger partial charge on any atom is -0.497 e. The van der Waals surface area contributed by atoms with Gasteiger partial charge in [0.15, 0.2) is 5.16 Å². The van der Waals surface area contributed by atoms with E-state index < -0.39 is 11.1 Å². The Kier molecular flexibility index (Phi) is 5.15. The number of aromatic nitrogens is 2. The van der Waals surface area contributed by atoms with Crippen molar-refractivity contribution in [3.05, 3.63) is 47.2 Å². The maximum absolute atomic E-state index is 13.1. The van der Waals surface area contributed by atoms with Crippen molar-refractivity contribution in [2.45, 2.75) is 17.3 Å². The molecule has 0 fully saturated rings. The third-order valence-electron chi connectivity index (χ3n) is 3.51. The smallest absolute Gasteiger partial charge is 0.237 e. The lowest BCUT2D eigenvalue weighted by molar-refractivity contribution is -0.115.